The van der Waals surface area contributed by atoms with Gasteiger partial charge in [0.05, 0.1) is 90.4 Å². The van der Waals surface area contributed by atoms with Crippen molar-refractivity contribution in [3.63, 3.8) is 0 Å². The summed E-state index contributed by atoms with van der Waals surface area (Å²) in [6.45, 7) is 7.42. The highest BCUT2D eigenvalue weighted by molar-refractivity contribution is 5.98. The number of nitrogens with one attached hydrogen (secondary N) is 1. The molecule has 0 bridgehead atoms. The van der Waals surface area contributed by atoms with E-state index in [0.717, 1.165) is 96.2 Å². The van der Waals surface area contributed by atoms with E-state index in [1.165, 1.54) is 17.2 Å². The molecule has 0 unspecified atom stereocenters. The Morgan fingerprint density at radius 2 is 0.712 bits per heavy atom. The number of aromatic nitrogens is 2. The highest BCUT2D eigenvalue weighted by Crippen LogP contribution is 2.52. The quantitative estimate of drug-likeness (QED) is 0.0388. The van der Waals surface area contributed by atoms with Gasteiger partial charge in [-0.05, 0) is 115 Å². The maximum absolute atomic E-state index is 16.0. The van der Waals surface area contributed by atoms with E-state index in [2.05, 4.69) is 104 Å². The van der Waals surface area contributed by atoms with Gasteiger partial charge < -0.3 is 56.8 Å². The zero-order valence-electron chi connectivity index (χ0n) is 66.6. The maximum Gasteiger partial charge on any atom is 0.226 e. The second-order valence-electron chi connectivity index (χ2n) is 30.5. The fraction of sp³-hybridized carbons (Fsp3) is 0.275. The minimum Gasteiger partial charge on any atom is -0.374 e. The van der Waals surface area contributed by atoms with Crippen molar-refractivity contribution in [2.24, 2.45) is 0 Å². The molecular weight excluding hydrogens is 1480 g/mol. The van der Waals surface area contributed by atoms with Gasteiger partial charge in [0.1, 0.15) is 54.6 Å². The van der Waals surface area contributed by atoms with Crippen LogP contribution >= 0.6 is 0 Å². The van der Waals surface area contributed by atoms with Gasteiger partial charge in [-0.3, -0.25) is 9.89 Å². The van der Waals surface area contributed by atoms with Crippen molar-refractivity contribution in [1.29, 1.82) is 0 Å². The van der Waals surface area contributed by atoms with Gasteiger partial charge in [0, 0.05) is 35.0 Å². The molecule has 4 aliphatic rings. The third kappa shape index (κ3) is 19.5. The molecular formula is C102H99FN2O13. The minimum absolute atomic E-state index is 0.0307. The number of ether oxygens (including phenoxy) is 12. The molecule has 12 aromatic carbocycles. The molecule has 1 aromatic heterocycles. The van der Waals surface area contributed by atoms with Crippen molar-refractivity contribution in [2.45, 2.75) is 166 Å². The fourth-order valence-corrected chi connectivity index (χ4v) is 16.1. The minimum atomic E-state index is -1.62. The molecule has 2 saturated heterocycles. The number of H-pyrrole nitrogens is 1. The van der Waals surface area contributed by atoms with Crippen molar-refractivity contribution in [3.05, 3.63) is 422 Å². The molecule has 0 saturated carbocycles. The van der Waals surface area contributed by atoms with Crippen molar-refractivity contribution in [1.82, 2.24) is 10.2 Å². The number of benzene rings is 12. The van der Waals surface area contributed by atoms with E-state index in [0.29, 0.717) is 57.2 Å². The third-order valence-corrected chi connectivity index (χ3v) is 22.4. The van der Waals surface area contributed by atoms with E-state index in [1.54, 1.807) is 6.07 Å². The molecule has 0 aliphatic carbocycles. The number of hydrogen-bond acceptors (Lipinski definition) is 14. The Labute approximate surface area is 689 Å². The first-order valence-corrected chi connectivity index (χ1v) is 41.0. The second-order valence-corrected chi connectivity index (χ2v) is 30.5. The molecule has 15 nitrogen and oxygen atoms in total. The van der Waals surface area contributed by atoms with Gasteiger partial charge in [-0.25, -0.2) is 4.39 Å². The predicted molar refractivity (Wildman–Crippen MR) is 450 cm³/mol. The highest BCUT2D eigenvalue weighted by atomic mass is 19.1. The molecule has 0 radical (unpaired) electrons. The number of halogens is 1. The normalized spacial score (nSPS) is 21.1. The van der Waals surface area contributed by atoms with E-state index in [1.807, 2.05) is 218 Å². The van der Waals surface area contributed by atoms with E-state index in [4.69, 9.17) is 61.9 Å². The summed E-state index contributed by atoms with van der Waals surface area (Å²) >= 11 is 0. The summed E-state index contributed by atoms with van der Waals surface area (Å²) in [5, 5.41) is 9.13. The smallest absolute Gasteiger partial charge is 0.226 e. The van der Waals surface area contributed by atoms with E-state index in [-0.39, 0.29) is 57.4 Å². The fourth-order valence-electron chi connectivity index (χ4n) is 16.1. The third-order valence-electron chi connectivity index (χ3n) is 22.4. The molecule has 13 aromatic rings. The van der Waals surface area contributed by atoms with Gasteiger partial charge >= 0.3 is 0 Å². The lowest BCUT2D eigenvalue weighted by molar-refractivity contribution is -0.387. The Kier molecular flexibility index (Phi) is 26.9. The Morgan fingerprint density at radius 1 is 0.381 bits per heavy atom. The molecule has 1 N–H and O–H groups in total. The number of rotatable bonds is 33. The number of carbonyl (C=O) groups is 1. The van der Waals surface area contributed by atoms with Gasteiger partial charge in [-0.15, -0.1) is 0 Å². The molecule has 0 amide bonds. The van der Waals surface area contributed by atoms with E-state index < -0.39 is 66.2 Å². The van der Waals surface area contributed by atoms with Crippen molar-refractivity contribution >= 4 is 16.7 Å². The number of aryl methyl sites for hydroxylation is 2. The van der Waals surface area contributed by atoms with Crippen molar-refractivity contribution in [2.75, 3.05) is 13.2 Å². The van der Waals surface area contributed by atoms with Crippen LogP contribution in [-0.2, 0) is 160 Å². The lowest BCUT2D eigenvalue weighted by Gasteiger charge is -2.51. The molecule has 2 fully saturated rings. The first kappa shape index (κ1) is 81.0. The average molecular weight is 1580 g/mol. The largest absolute Gasteiger partial charge is 0.374 e. The number of carbonyl (C=O) groups excluding carboxylic acids is 1. The molecule has 2 spiro atoms. The van der Waals surface area contributed by atoms with Crippen LogP contribution in [0.5, 0.6) is 0 Å². The summed E-state index contributed by atoms with van der Waals surface area (Å²) < 4.78 is 99.1. The summed E-state index contributed by atoms with van der Waals surface area (Å²) in [6, 6.07) is 104. The second kappa shape index (κ2) is 39.2. The first-order chi connectivity index (χ1) is 58.1. The van der Waals surface area contributed by atoms with Crippen molar-refractivity contribution in [3.8, 4) is 0 Å². The number of ketones is 1. The van der Waals surface area contributed by atoms with Gasteiger partial charge in [-0.1, -0.05) is 305 Å². The summed E-state index contributed by atoms with van der Waals surface area (Å²) in [5.74, 6) is -3.94. The highest BCUT2D eigenvalue weighted by Gasteiger charge is 2.63. The van der Waals surface area contributed by atoms with Crippen LogP contribution in [0, 0.1) is 5.82 Å². The molecule has 118 heavy (non-hydrogen) atoms. The summed E-state index contributed by atoms with van der Waals surface area (Å²) in [6.07, 6.45) is -3.10. The average Bonchev–Trinajstić information content (AvgIpc) is 1.53. The standard InChI is InChI=1S/C51H49FO7.C51H50N2O6/c1-2-36-23-25-37(26-24-36)27-46(53)43-29-44-42(28-45(43)52)34-58-51(44)50(57-33-41-21-13-6-14-22-41)49(56-32-40-19-11-5-12-20-40)48(55-31-39-17-9-4-10-18-39)47(59-51)35-54-30-38-15-7-3-8-16-38;1-2-36-23-25-37(26-24-36)27-45-43-29-44-42(28-46(43)53-52-45)34-58-51(44)50(57-33-41-21-13-6-14-22-41)49(56-32-40-19-11-5-12-20-40)48(55-31-39-17-9-4-10-18-39)47(59-51)35-54-30-38-15-7-3-8-16-38/h3-26,28-29,47-50H,2,27,30-35H2,1H3;3-26,28-29,47-50H,2,27,30-35H2,1H3,(H,52,53)/t2*47-,48-,49+,50-,51+/m11/s1. The number of fused-ring (bicyclic) bond motifs is 5. The topological polar surface area (TPSA) is 157 Å². The van der Waals surface area contributed by atoms with Crippen LogP contribution in [0.1, 0.15) is 119 Å². The lowest BCUT2D eigenvalue weighted by Crippen LogP contribution is -2.65. The van der Waals surface area contributed by atoms with E-state index in [9.17, 15) is 4.79 Å². The molecule has 10 atom stereocenters. The predicted octanol–water partition coefficient (Wildman–Crippen LogP) is 19.6. The number of nitrogens with zero attached hydrogens (tertiary/aromatic N) is 1. The Balaban J connectivity index is 0.000000176. The van der Waals surface area contributed by atoms with Gasteiger partial charge in [-0.2, -0.15) is 5.10 Å². The van der Waals surface area contributed by atoms with Crippen LogP contribution in [0.2, 0.25) is 0 Å². The van der Waals surface area contributed by atoms with Crippen LogP contribution in [0.4, 0.5) is 4.39 Å². The number of hydrogen-bond donors (Lipinski definition) is 1. The number of aromatic amines is 1. The first-order valence-electron chi connectivity index (χ1n) is 41.0. The molecule has 17 rings (SSSR count). The van der Waals surface area contributed by atoms with Crippen LogP contribution in [-0.4, -0.2) is 78.0 Å². The zero-order chi connectivity index (χ0) is 80.3. The molecule has 4 aliphatic heterocycles. The monoisotopic (exact) mass is 1580 g/mol. The summed E-state index contributed by atoms with van der Waals surface area (Å²) in [7, 11) is 0. The van der Waals surface area contributed by atoms with Crippen LogP contribution in [0.15, 0.2) is 315 Å². The number of Topliss-reactive ketones (excluding diaryl/α,β-unsaturated/α-hetero) is 1. The van der Waals surface area contributed by atoms with Crippen LogP contribution in [0.3, 0.4) is 0 Å². The Bertz CT molecular complexity index is 5310. The van der Waals surface area contributed by atoms with Gasteiger partial charge in [0.15, 0.2) is 5.78 Å². The molecule has 5 heterocycles. The molecule has 16 heteroatoms. The molecule has 602 valence electrons. The Morgan fingerprint density at radius 3 is 1.09 bits per heavy atom. The van der Waals surface area contributed by atoms with Gasteiger partial charge in [0.25, 0.3) is 0 Å². The zero-order valence-corrected chi connectivity index (χ0v) is 66.6. The van der Waals surface area contributed by atoms with Crippen LogP contribution in [0.25, 0.3) is 10.9 Å². The van der Waals surface area contributed by atoms with Crippen molar-refractivity contribution < 1.29 is 66.0 Å². The summed E-state index contributed by atoms with van der Waals surface area (Å²) in [4.78, 5) is 14.0. The summed E-state index contributed by atoms with van der Waals surface area (Å²) in [5.41, 5.74) is 17.4. The lowest BCUT2D eigenvalue weighted by atomic mass is 9.85. The van der Waals surface area contributed by atoms with Gasteiger partial charge in [0.2, 0.25) is 11.6 Å². The Hall–Kier alpha value is -10.8. The van der Waals surface area contributed by atoms with E-state index >= 15 is 4.39 Å². The SMILES string of the molecule is CCc1ccc(CC(=O)c2cc3c(cc2F)CO[C@]32O[C@H](COCc3ccccc3)[C@@H](OCc3ccccc3)[C@H](OCc3ccccc3)[C@H]2OCc2ccccc2)cc1.CCc1ccc(Cc2[nH]nc3cc4c(cc23)[C@]2(OC4)O[C@H](COCc3ccccc3)[C@@H](OCc3ccccc3)[C@H](OCc3ccccc3)[C@H]2OCc2ccccc2)cc1. The van der Waals surface area contributed by atoms with Crippen LogP contribution < -0.4 is 0 Å². The maximum atomic E-state index is 16.0.